The number of non-ortho nitro benzene ring substituents is 1. The summed E-state index contributed by atoms with van der Waals surface area (Å²) >= 11 is 0. The molecule has 2 aromatic carbocycles. The molecule has 0 aliphatic rings. The van der Waals surface area contributed by atoms with Crippen LogP contribution in [0.4, 0.5) is 11.4 Å². The number of nitrogens with one attached hydrogen (secondary N) is 2. The van der Waals surface area contributed by atoms with Gasteiger partial charge in [0.05, 0.1) is 11.1 Å². The molecule has 0 spiro atoms. The summed E-state index contributed by atoms with van der Waals surface area (Å²) in [5, 5.41) is 17.4. The number of amides is 1. The summed E-state index contributed by atoms with van der Waals surface area (Å²) in [6.45, 7) is 1.73. The maximum absolute atomic E-state index is 11.9. The van der Waals surface area contributed by atoms with E-state index in [0.29, 0.717) is 5.56 Å². The smallest absolute Gasteiger partial charge is 0.269 e. The summed E-state index contributed by atoms with van der Waals surface area (Å²) in [5.74, 6) is -0.285. The number of hydrazone groups is 1. The van der Waals surface area contributed by atoms with E-state index in [-0.39, 0.29) is 11.6 Å². The number of para-hydroxylation sites is 1. The van der Waals surface area contributed by atoms with Crippen LogP contribution >= 0.6 is 0 Å². The Morgan fingerprint density at radius 3 is 2.43 bits per heavy atom. The highest BCUT2D eigenvalue weighted by Gasteiger charge is 2.11. The normalized spacial score (nSPS) is 11.9. The largest absolute Gasteiger partial charge is 0.374 e. The van der Waals surface area contributed by atoms with Gasteiger partial charge in [0, 0.05) is 17.8 Å². The highest BCUT2D eigenvalue weighted by Crippen LogP contribution is 2.10. The molecule has 7 heteroatoms. The topological polar surface area (TPSA) is 96.6 Å². The second-order valence-electron chi connectivity index (χ2n) is 4.81. The molecule has 2 N–H and O–H groups in total. The number of nitro groups is 1. The van der Waals surface area contributed by atoms with Gasteiger partial charge in [-0.2, -0.15) is 5.10 Å². The lowest BCUT2D eigenvalue weighted by Crippen LogP contribution is -2.34. The van der Waals surface area contributed by atoms with Crippen molar-refractivity contribution in [2.75, 3.05) is 5.32 Å². The van der Waals surface area contributed by atoms with E-state index in [4.69, 9.17) is 0 Å². The quantitative estimate of drug-likeness (QED) is 0.486. The number of benzene rings is 2. The van der Waals surface area contributed by atoms with E-state index in [1.54, 1.807) is 19.1 Å². The van der Waals surface area contributed by atoms with Crippen LogP contribution in [0.25, 0.3) is 0 Å². The highest BCUT2D eigenvalue weighted by molar-refractivity contribution is 5.86. The molecule has 0 saturated heterocycles. The maximum atomic E-state index is 11.9. The van der Waals surface area contributed by atoms with Gasteiger partial charge < -0.3 is 5.32 Å². The monoisotopic (exact) mass is 312 g/mol. The van der Waals surface area contributed by atoms with E-state index in [9.17, 15) is 14.9 Å². The molecule has 0 heterocycles. The van der Waals surface area contributed by atoms with Crippen LogP contribution in [-0.2, 0) is 4.79 Å². The number of carbonyl (C=O) groups excluding carboxylic acids is 1. The van der Waals surface area contributed by atoms with Crippen molar-refractivity contribution >= 4 is 23.5 Å². The first-order chi connectivity index (χ1) is 11.1. The van der Waals surface area contributed by atoms with E-state index < -0.39 is 11.0 Å². The molecule has 0 fully saturated rings. The number of nitro benzene ring substituents is 1. The van der Waals surface area contributed by atoms with Crippen LogP contribution in [0.2, 0.25) is 0 Å². The highest BCUT2D eigenvalue weighted by atomic mass is 16.6. The Morgan fingerprint density at radius 2 is 1.83 bits per heavy atom. The minimum atomic E-state index is -0.473. The zero-order valence-corrected chi connectivity index (χ0v) is 12.5. The van der Waals surface area contributed by atoms with E-state index in [0.717, 1.165) is 5.69 Å². The number of nitrogens with zero attached hydrogens (tertiary/aromatic N) is 2. The van der Waals surface area contributed by atoms with Gasteiger partial charge in [0.25, 0.3) is 11.6 Å². The lowest BCUT2D eigenvalue weighted by atomic mass is 10.2. The molecule has 1 amide bonds. The van der Waals surface area contributed by atoms with Crippen molar-refractivity contribution in [2.45, 2.75) is 13.0 Å². The standard InChI is InChI=1S/C16H16N4O3/c1-12(18-14-5-3-2-4-6-14)16(21)19-17-11-13-7-9-15(10-8-13)20(22)23/h2-12,18H,1H3,(H,19,21)/b17-11-/t12-/m1/s1. The van der Waals surface area contributed by atoms with Crippen LogP contribution in [0, 0.1) is 10.1 Å². The molecular formula is C16H16N4O3. The summed E-state index contributed by atoms with van der Waals surface area (Å²) in [4.78, 5) is 22.0. The number of rotatable bonds is 6. The van der Waals surface area contributed by atoms with Gasteiger partial charge in [-0.1, -0.05) is 18.2 Å². The number of hydrogen-bond donors (Lipinski definition) is 2. The van der Waals surface area contributed by atoms with E-state index >= 15 is 0 Å². The minimum absolute atomic E-state index is 0.00636. The molecule has 23 heavy (non-hydrogen) atoms. The molecule has 2 aromatic rings. The van der Waals surface area contributed by atoms with Gasteiger partial charge in [0.2, 0.25) is 0 Å². The lowest BCUT2D eigenvalue weighted by Gasteiger charge is -2.13. The lowest BCUT2D eigenvalue weighted by molar-refractivity contribution is -0.384. The van der Waals surface area contributed by atoms with E-state index in [2.05, 4.69) is 15.8 Å². The molecule has 0 aliphatic carbocycles. The average Bonchev–Trinajstić information content (AvgIpc) is 2.56. The predicted molar refractivity (Wildman–Crippen MR) is 88.4 cm³/mol. The molecule has 0 unspecified atom stereocenters. The third kappa shape index (κ3) is 4.92. The van der Waals surface area contributed by atoms with Gasteiger partial charge in [-0.3, -0.25) is 14.9 Å². The van der Waals surface area contributed by atoms with Crippen LogP contribution in [0.15, 0.2) is 59.7 Å². The van der Waals surface area contributed by atoms with E-state index in [1.165, 1.54) is 18.3 Å². The fourth-order valence-electron chi connectivity index (χ4n) is 1.80. The molecule has 0 aliphatic heterocycles. The first kappa shape index (κ1) is 16.2. The molecule has 1 atom stereocenters. The summed E-state index contributed by atoms with van der Waals surface area (Å²) in [6, 6.07) is 14.8. The Kier molecular flexibility index (Phi) is 5.40. The van der Waals surface area contributed by atoms with Crippen LogP contribution in [-0.4, -0.2) is 23.1 Å². The third-order valence-electron chi connectivity index (χ3n) is 3.04. The van der Waals surface area contributed by atoms with Crippen LogP contribution in [0.3, 0.4) is 0 Å². The maximum Gasteiger partial charge on any atom is 0.269 e. The SMILES string of the molecule is C[C@@H](Nc1ccccc1)C(=O)N/N=C\c1ccc([N+](=O)[O-])cc1. The predicted octanol–water partition coefficient (Wildman–Crippen LogP) is 2.55. The fourth-order valence-corrected chi connectivity index (χ4v) is 1.80. The summed E-state index contributed by atoms with van der Waals surface area (Å²) < 4.78 is 0. The first-order valence-corrected chi connectivity index (χ1v) is 6.95. The molecule has 118 valence electrons. The second-order valence-corrected chi connectivity index (χ2v) is 4.81. The van der Waals surface area contributed by atoms with Gasteiger partial charge in [0.1, 0.15) is 6.04 Å². The van der Waals surface area contributed by atoms with Crippen LogP contribution in [0.5, 0.6) is 0 Å². The van der Waals surface area contributed by atoms with Crippen LogP contribution < -0.4 is 10.7 Å². The molecule has 0 radical (unpaired) electrons. The zero-order valence-electron chi connectivity index (χ0n) is 12.5. The van der Waals surface area contributed by atoms with Crippen molar-refractivity contribution in [1.29, 1.82) is 0 Å². The molecule has 0 aromatic heterocycles. The Morgan fingerprint density at radius 1 is 1.17 bits per heavy atom. The van der Waals surface area contributed by atoms with Crippen molar-refractivity contribution < 1.29 is 9.72 Å². The van der Waals surface area contributed by atoms with Crippen molar-refractivity contribution in [3.8, 4) is 0 Å². The summed E-state index contributed by atoms with van der Waals surface area (Å²) in [6.07, 6.45) is 1.43. The summed E-state index contributed by atoms with van der Waals surface area (Å²) in [7, 11) is 0. The Labute approximate surface area is 133 Å². The second kappa shape index (κ2) is 7.69. The van der Waals surface area contributed by atoms with Gasteiger partial charge in [-0.05, 0) is 36.8 Å². The third-order valence-corrected chi connectivity index (χ3v) is 3.04. The average molecular weight is 312 g/mol. The first-order valence-electron chi connectivity index (χ1n) is 6.95. The number of hydrogen-bond acceptors (Lipinski definition) is 5. The molecular weight excluding hydrogens is 296 g/mol. The van der Waals surface area contributed by atoms with Crippen molar-refractivity contribution in [2.24, 2.45) is 5.10 Å². The van der Waals surface area contributed by atoms with Crippen LogP contribution in [0.1, 0.15) is 12.5 Å². The van der Waals surface area contributed by atoms with E-state index in [1.807, 2.05) is 30.3 Å². The minimum Gasteiger partial charge on any atom is -0.374 e. The Balaban J connectivity index is 1.86. The van der Waals surface area contributed by atoms with Gasteiger partial charge in [0.15, 0.2) is 0 Å². The molecule has 0 saturated carbocycles. The van der Waals surface area contributed by atoms with Crippen molar-refractivity contribution in [1.82, 2.24) is 5.43 Å². The number of carbonyl (C=O) groups is 1. The fraction of sp³-hybridized carbons (Fsp3) is 0.125. The zero-order chi connectivity index (χ0) is 16.7. The molecule has 7 nitrogen and oxygen atoms in total. The Bertz CT molecular complexity index is 699. The van der Waals surface area contributed by atoms with Gasteiger partial charge >= 0.3 is 0 Å². The van der Waals surface area contributed by atoms with Gasteiger partial charge in [-0.25, -0.2) is 5.43 Å². The number of anilines is 1. The Hall–Kier alpha value is -3.22. The van der Waals surface area contributed by atoms with Crippen molar-refractivity contribution in [3.05, 3.63) is 70.3 Å². The summed E-state index contributed by atoms with van der Waals surface area (Å²) in [5.41, 5.74) is 3.92. The molecule has 0 bridgehead atoms. The molecule has 2 rings (SSSR count). The van der Waals surface area contributed by atoms with Gasteiger partial charge in [-0.15, -0.1) is 0 Å². The van der Waals surface area contributed by atoms with Crippen molar-refractivity contribution in [3.63, 3.8) is 0 Å².